The average Bonchev–Trinajstić information content (AvgIpc) is 1.84. The van der Waals surface area contributed by atoms with Crippen LogP contribution in [0, 0.1) is 0 Å². The molecule has 0 saturated carbocycles. The summed E-state index contributed by atoms with van der Waals surface area (Å²) in [7, 11) is 0. The van der Waals surface area contributed by atoms with Gasteiger partial charge in [-0.1, -0.05) is 0 Å². The lowest BCUT2D eigenvalue weighted by molar-refractivity contribution is -0.101. The predicted molar refractivity (Wildman–Crippen MR) is 30.4 cm³/mol. The second-order valence-electron chi connectivity index (χ2n) is 1.78. The molecule has 72 valence electrons. The van der Waals surface area contributed by atoms with Gasteiger partial charge in [-0.3, -0.25) is 0 Å². The van der Waals surface area contributed by atoms with E-state index in [2.05, 4.69) is 0 Å². The van der Waals surface area contributed by atoms with Crippen LogP contribution in [-0.2, 0) is 0 Å². The molecule has 2 N–H and O–H groups in total. The Morgan fingerprint density at radius 2 is 1.75 bits per heavy atom. The first kappa shape index (κ1) is 11.2. The van der Waals surface area contributed by atoms with Crippen LogP contribution < -0.4 is 5.32 Å². The third-order valence-corrected chi connectivity index (χ3v) is 0.886. The van der Waals surface area contributed by atoms with Gasteiger partial charge in [-0.05, 0) is 0 Å². The number of alkyl halides is 3. The Morgan fingerprint density at radius 1 is 1.25 bits per heavy atom. The molecule has 0 fully saturated rings. The molecule has 0 heterocycles. The van der Waals surface area contributed by atoms with Gasteiger partial charge < -0.3 is 10.4 Å². The number of aliphatic hydroxyl groups excluding tert-OH is 1. The molecule has 0 aliphatic rings. The normalized spacial score (nSPS) is 11.2. The summed E-state index contributed by atoms with van der Waals surface area (Å²) < 4.78 is 57.9. The van der Waals surface area contributed by atoms with E-state index >= 15 is 0 Å². The summed E-state index contributed by atoms with van der Waals surface area (Å²) in [5.74, 6) is 0. The van der Waals surface area contributed by atoms with Gasteiger partial charge in [0.05, 0.1) is 6.61 Å². The van der Waals surface area contributed by atoms with Crippen LogP contribution in [0.5, 0.6) is 0 Å². The molecule has 0 aromatic carbocycles. The number of rotatable bonds is 3. The largest absolute Gasteiger partial charge is 0.436 e. The van der Waals surface area contributed by atoms with Gasteiger partial charge >= 0.3 is 6.18 Å². The second kappa shape index (κ2) is 4.24. The third-order valence-electron chi connectivity index (χ3n) is 0.886. The lowest BCUT2D eigenvalue weighted by Gasteiger charge is -2.11. The molecule has 0 aliphatic heterocycles. The fourth-order valence-electron chi connectivity index (χ4n) is 0.455. The molecule has 0 bridgehead atoms. The van der Waals surface area contributed by atoms with Crippen LogP contribution in [0.15, 0.2) is 11.8 Å². The van der Waals surface area contributed by atoms with E-state index in [1.165, 1.54) is 5.32 Å². The van der Waals surface area contributed by atoms with Crippen molar-refractivity contribution in [2.45, 2.75) is 6.18 Å². The highest BCUT2D eigenvalue weighted by Crippen LogP contribution is 2.26. The maximum Gasteiger partial charge on any atom is 0.436 e. The highest BCUT2D eigenvalue weighted by Gasteiger charge is 2.37. The molecule has 0 aromatic rings. The zero-order valence-corrected chi connectivity index (χ0v) is 5.75. The molecule has 7 heteroatoms. The monoisotopic (exact) mass is 191 g/mol. The first-order chi connectivity index (χ1) is 5.39. The highest BCUT2D eigenvalue weighted by molar-refractivity contribution is 5.06. The van der Waals surface area contributed by atoms with E-state index in [1.807, 2.05) is 0 Å². The average molecular weight is 191 g/mol. The number of hydrogen-bond acceptors (Lipinski definition) is 2. The molecule has 0 aromatic heterocycles. The third kappa shape index (κ3) is 3.51. The Kier molecular flexibility index (Phi) is 3.94. The van der Waals surface area contributed by atoms with Gasteiger partial charge in [0.25, 0.3) is 6.08 Å². The predicted octanol–water partition coefficient (Wildman–Crippen LogP) is 1.24. The fourth-order valence-corrected chi connectivity index (χ4v) is 0.455. The van der Waals surface area contributed by atoms with E-state index < -0.39 is 31.1 Å². The Morgan fingerprint density at radius 3 is 2.00 bits per heavy atom. The molecular weight excluding hydrogens is 185 g/mol. The van der Waals surface area contributed by atoms with Crippen molar-refractivity contribution in [1.82, 2.24) is 5.32 Å². The smallest absolute Gasteiger partial charge is 0.395 e. The minimum Gasteiger partial charge on any atom is -0.395 e. The van der Waals surface area contributed by atoms with Crippen molar-refractivity contribution >= 4 is 0 Å². The van der Waals surface area contributed by atoms with Crippen molar-refractivity contribution in [2.75, 3.05) is 13.2 Å². The molecule has 0 atom stereocenters. The maximum atomic E-state index is 11.6. The van der Waals surface area contributed by atoms with E-state index in [0.717, 1.165) is 0 Å². The summed E-state index contributed by atoms with van der Waals surface area (Å²) in [6.45, 7) is -1.21. The van der Waals surface area contributed by atoms with Crippen molar-refractivity contribution < 1.29 is 27.1 Å². The number of aliphatic hydroxyl groups is 1. The van der Waals surface area contributed by atoms with E-state index in [4.69, 9.17) is 5.11 Å². The van der Waals surface area contributed by atoms with Gasteiger partial charge in [0.15, 0.2) is 5.70 Å². The summed E-state index contributed by atoms with van der Waals surface area (Å²) in [6, 6.07) is 0. The number of allylic oxidation sites excluding steroid dienone is 1. The van der Waals surface area contributed by atoms with Crippen LogP contribution >= 0.6 is 0 Å². The fraction of sp³-hybridized carbons (Fsp3) is 0.600. The van der Waals surface area contributed by atoms with Crippen LogP contribution in [-0.4, -0.2) is 24.4 Å². The molecule has 0 spiro atoms. The summed E-state index contributed by atoms with van der Waals surface area (Å²) >= 11 is 0. The molecule has 2 nitrogen and oxygen atoms in total. The molecule has 0 unspecified atom stereocenters. The Labute approximate surface area is 64.7 Å². The van der Waals surface area contributed by atoms with Crippen LogP contribution in [0.3, 0.4) is 0 Å². The number of nitrogens with one attached hydrogen (secondary N) is 1. The molecule has 0 saturated heterocycles. The van der Waals surface area contributed by atoms with Crippen LogP contribution in [0.2, 0.25) is 0 Å². The second-order valence-corrected chi connectivity index (χ2v) is 1.78. The standard InChI is InChI=1S/C5H6F5NO/c6-4(7)3(5(8,9)10)11-1-2-12/h11-12H,1-2H2. The minimum absolute atomic E-state index is 0.563. The van der Waals surface area contributed by atoms with E-state index in [1.54, 1.807) is 0 Å². The van der Waals surface area contributed by atoms with E-state index in [0.29, 0.717) is 0 Å². The first-order valence-corrected chi connectivity index (χ1v) is 2.86. The van der Waals surface area contributed by atoms with Crippen molar-refractivity contribution in [3.63, 3.8) is 0 Å². The molecule has 0 amide bonds. The Balaban J connectivity index is 4.38. The van der Waals surface area contributed by atoms with Gasteiger partial charge in [0, 0.05) is 6.54 Å². The zero-order valence-electron chi connectivity index (χ0n) is 5.75. The molecule has 0 rings (SSSR count). The van der Waals surface area contributed by atoms with Crippen LogP contribution in [0.1, 0.15) is 0 Å². The van der Waals surface area contributed by atoms with E-state index in [9.17, 15) is 22.0 Å². The highest BCUT2D eigenvalue weighted by atomic mass is 19.4. The summed E-state index contributed by atoms with van der Waals surface area (Å²) in [5, 5.41) is 9.43. The molecule has 12 heavy (non-hydrogen) atoms. The van der Waals surface area contributed by atoms with E-state index in [-0.39, 0.29) is 0 Å². The summed E-state index contributed by atoms with van der Waals surface area (Å²) in [5.41, 5.74) is -2.10. The van der Waals surface area contributed by atoms with Crippen molar-refractivity contribution in [1.29, 1.82) is 0 Å². The number of hydrogen-bond donors (Lipinski definition) is 2. The van der Waals surface area contributed by atoms with Gasteiger partial charge in [0.1, 0.15) is 0 Å². The Bertz CT molecular complexity index is 171. The first-order valence-electron chi connectivity index (χ1n) is 2.86. The lowest BCUT2D eigenvalue weighted by Crippen LogP contribution is -2.29. The lowest BCUT2D eigenvalue weighted by atomic mass is 10.4. The van der Waals surface area contributed by atoms with Crippen molar-refractivity contribution in [2.24, 2.45) is 0 Å². The van der Waals surface area contributed by atoms with Gasteiger partial charge in [0.2, 0.25) is 0 Å². The van der Waals surface area contributed by atoms with Crippen molar-refractivity contribution in [3.8, 4) is 0 Å². The number of halogens is 5. The summed E-state index contributed by atoms with van der Waals surface area (Å²) in [6.07, 6.45) is -7.94. The molecule has 0 aliphatic carbocycles. The summed E-state index contributed by atoms with van der Waals surface area (Å²) in [4.78, 5) is 0. The molecule has 0 radical (unpaired) electrons. The van der Waals surface area contributed by atoms with Gasteiger partial charge in [-0.15, -0.1) is 0 Å². The molecular formula is C5H6F5NO. The van der Waals surface area contributed by atoms with Crippen LogP contribution in [0.4, 0.5) is 22.0 Å². The maximum absolute atomic E-state index is 11.6. The SMILES string of the molecule is OCCNC(=C(F)F)C(F)(F)F. The van der Waals surface area contributed by atoms with Gasteiger partial charge in [-0.25, -0.2) is 0 Å². The topological polar surface area (TPSA) is 32.3 Å². The van der Waals surface area contributed by atoms with Gasteiger partial charge in [-0.2, -0.15) is 22.0 Å². The zero-order chi connectivity index (χ0) is 9.78. The quantitative estimate of drug-likeness (QED) is 0.657. The minimum atomic E-state index is -5.10. The van der Waals surface area contributed by atoms with Crippen LogP contribution in [0.25, 0.3) is 0 Å². The Hall–Kier alpha value is -0.850. The van der Waals surface area contributed by atoms with Crippen molar-refractivity contribution in [3.05, 3.63) is 11.8 Å².